The van der Waals surface area contributed by atoms with E-state index >= 15 is 0 Å². The Morgan fingerprint density at radius 3 is 1.43 bits per heavy atom. The Hall–Kier alpha value is -0.160. The fourth-order valence-electron chi connectivity index (χ4n) is 1.97. The molecule has 4 heteroatoms. The Labute approximate surface area is 88.2 Å². The molecule has 0 aromatic carbocycles. The van der Waals surface area contributed by atoms with E-state index in [0.29, 0.717) is 6.04 Å². The van der Waals surface area contributed by atoms with Crippen LogP contribution in [-0.2, 0) is 0 Å². The largest absolute Gasteiger partial charge is 0.318 e. The molecule has 0 aromatic heterocycles. The molecule has 0 aliphatic heterocycles. The predicted octanol–water partition coefficient (Wildman–Crippen LogP) is -0.619. The highest BCUT2D eigenvalue weighted by molar-refractivity contribution is 4.94. The molecule has 0 fully saturated rings. The lowest BCUT2D eigenvalue weighted by Crippen LogP contribution is -2.64. The van der Waals surface area contributed by atoms with E-state index in [0.717, 1.165) is 19.6 Å². The van der Waals surface area contributed by atoms with Gasteiger partial charge in [-0.1, -0.05) is 13.8 Å². The molecule has 0 amide bonds. The molecular weight excluding hydrogens is 176 g/mol. The molecule has 0 atom stereocenters. The summed E-state index contributed by atoms with van der Waals surface area (Å²) in [5.74, 6) is 0. The van der Waals surface area contributed by atoms with Crippen LogP contribution in [0.3, 0.4) is 0 Å². The van der Waals surface area contributed by atoms with E-state index in [1.165, 1.54) is 0 Å². The van der Waals surface area contributed by atoms with Gasteiger partial charge in [-0.15, -0.1) is 0 Å². The van der Waals surface area contributed by atoms with Crippen molar-refractivity contribution in [3.8, 4) is 0 Å². The SMILES string of the molecule is CNCC(CNC)(CNC)NC(C)C. The molecular formula is C10H26N4. The number of nitrogens with one attached hydrogen (secondary N) is 4. The van der Waals surface area contributed by atoms with E-state index in [9.17, 15) is 0 Å². The Balaban J connectivity index is 4.37. The molecule has 0 saturated heterocycles. The van der Waals surface area contributed by atoms with Crippen molar-refractivity contribution in [2.24, 2.45) is 0 Å². The number of likely N-dealkylation sites (N-methyl/N-ethyl adjacent to an activating group) is 3. The maximum absolute atomic E-state index is 3.61. The average molecular weight is 202 g/mol. The standard InChI is InChI=1S/C10H26N4/c1-9(2)14-10(6-11-3,7-12-4)8-13-5/h9,11-14H,6-8H2,1-5H3. The summed E-state index contributed by atoms with van der Waals surface area (Å²) in [7, 11) is 5.96. The molecule has 0 aliphatic carbocycles. The topological polar surface area (TPSA) is 48.1 Å². The highest BCUT2D eigenvalue weighted by Crippen LogP contribution is 2.02. The third-order valence-electron chi connectivity index (χ3n) is 2.14. The summed E-state index contributed by atoms with van der Waals surface area (Å²) in [4.78, 5) is 0. The minimum absolute atomic E-state index is 0.0897. The van der Waals surface area contributed by atoms with Crippen molar-refractivity contribution in [1.82, 2.24) is 21.3 Å². The van der Waals surface area contributed by atoms with Gasteiger partial charge in [-0.3, -0.25) is 0 Å². The van der Waals surface area contributed by atoms with Gasteiger partial charge in [0, 0.05) is 25.7 Å². The van der Waals surface area contributed by atoms with Crippen LogP contribution < -0.4 is 21.3 Å². The van der Waals surface area contributed by atoms with Crippen LogP contribution in [-0.4, -0.2) is 52.4 Å². The van der Waals surface area contributed by atoms with Gasteiger partial charge in [-0.25, -0.2) is 0 Å². The van der Waals surface area contributed by atoms with Gasteiger partial charge >= 0.3 is 0 Å². The molecule has 14 heavy (non-hydrogen) atoms. The summed E-state index contributed by atoms with van der Waals surface area (Å²) >= 11 is 0. The lowest BCUT2D eigenvalue weighted by atomic mass is 9.98. The Kier molecular flexibility index (Phi) is 7.09. The second kappa shape index (κ2) is 7.17. The monoisotopic (exact) mass is 202 g/mol. The number of hydrogen-bond acceptors (Lipinski definition) is 4. The summed E-state index contributed by atoms with van der Waals surface area (Å²) < 4.78 is 0. The molecule has 0 radical (unpaired) electrons. The second-order valence-corrected chi connectivity index (χ2v) is 4.17. The minimum atomic E-state index is 0.0897. The summed E-state index contributed by atoms with van der Waals surface area (Å²) in [6.45, 7) is 7.21. The Bertz CT molecular complexity index is 119. The van der Waals surface area contributed by atoms with E-state index in [2.05, 4.69) is 35.1 Å². The zero-order valence-corrected chi connectivity index (χ0v) is 10.2. The maximum Gasteiger partial charge on any atom is 0.0560 e. The van der Waals surface area contributed by atoms with Crippen LogP contribution in [0.25, 0.3) is 0 Å². The zero-order valence-electron chi connectivity index (χ0n) is 10.2. The van der Waals surface area contributed by atoms with Crippen LogP contribution in [0.2, 0.25) is 0 Å². The average Bonchev–Trinajstić information content (AvgIpc) is 2.03. The van der Waals surface area contributed by atoms with Gasteiger partial charge in [0.05, 0.1) is 5.54 Å². The lowest BCUT2D eigenvalue weighted by molar-refractivity contribution is 0.277. The van der Waals surface area contributed by atoms with Crippen molar-refractivity contribution in [2.45, 2.75) is 25.4 Å². The van der Waals surface area contributed by atoms with Gasteiger partial charge in [-0.05, 0) is 21.1 Å². The molecule has 4 N–H and O–H groups in total. The van der Waals surface area contributed by atoms with Gasteiger partial charge in [-0.2, -0.15) is 0 Å². The van der Waals surface area contributed by atoms with Crippen LogP contribution in [0.1, 0.15) is 13.8 Å². The third-order valence-corrected chi connectivity index (χ3v) is 2.14. The first-order chi connectivity index (χ1) is 6.60. The molecule has 0 heterocycles. The third kappa shape index (κ3) is 4.91. The summed E-state index contributed by atoms with van der Waals surface area (Å²) in [6, 6.07) is 0.491. The van der Waals surface area contributed by atoms with Crippen molar-refractivity contribution < 1.29 is 0 Å². The van der Waals surface area contributed by atoms with Crippen molar-refractivity contribution in [3.63, 3.8) is 0 Å². The summed E-state index contributed by atoms with van der Waals surface area (Å²) in [6.07, 6.45) is 0. The van der Waals surface area contributed by atoms with Crippen LogP contribution in [0.5, 0.6) is 0 Å². The van der Waals surface area contributed by atoms with E-state index in [-0.39, 0.29) is 5.54 Å². The number of rotatable bonds is 8. The van der Waals surface area contributed by atoms with E-state index in [4.69, 9.17) is 0 Å². The van der Waals surface area contributed by atoms with Crippen molar-refractivity contribution in [1.29, 1.82) is 0 Å². The first kappa shape index (κ1) is 13.8. The molecule has 86 valence electrons. The highest BCUT2D eigenvalue weighted by atomic mass is 15.1. The highest BCUT2D eigenvalue weighted by Gasteiger charge is 2.28. The Morgan fingerprint density at radius 1 is 0.857 bits per heavy atom. The van der Waals surface area contributed by atoms with Gasteiger partial charge < -0.3 is 21.3 Å². The van der Waals surface area contributed by atoms with E-state index in [1.54, 1.807) is 0 Å². The fraction of sp³-hybridized carbons (Fsp3) is 1.00. The van der Waals surface area contributed by atoms with Crippen LogP contribution >= 0.6 is 0 Å². The fourth-order valence-corrected chi connectivity index (χ4v) is 1.97. The molecule has 0 saturated carbocycles. The number of hydrogen-bond donors (Lipinski definition) is 4. The normalized spacial score (nSPS) is 12.4. The van der Waals surface area contributed by atoms with Crippen molar-refractivity contribution >= 4 is 0 Å². The Morgan fingerprint density at radius 2 is 1.21 bits per heavy atom. The van der Waals surface area contributed by atoms with Crippen molar-refractivity contribution in [2.75, 3.05) is 40.8 Å². The quantitative estimate of drug-likeness (QED) is 0.424. The van der Waals surface area contributed by atoms with Gasteiger partial charge in [0.25, 0.3) is 0 Å². The van der Waals surface area contributed by atoms with Crippen molar-refractivity contribution in [3.05, 3.63) is 0 Å². The van der Waals surface area contributed by atoms with E-state index in [1.807, 2.05) is 21.1 Å². The predicted molar refractivity (Wildman–Crippen MR) is 62.8 cm³/mol. The molecule has 0 unspecified atom stereocenters. The molecule has 0 rings (SSSR count). The molecule has 4 nitrogen and oxygen atoms in total. The minimum Gasteiger partial charge on any atom is -0.318 e. The molecule has 0 bridgehead atoms. The van der Waals surface area contributed by atoms with Gasteiger partial charge in [0.15, 0.2) is 0 Å². The molecule has 0 spiro atoms. The summed E-state index contributed by atoms with van der Waals surface area (Å²) in [5.41, 5.74) is 0.0897. The molecule has 0 aromatic rings. The lowest BCUT2D eigenvalue weighted by Gasteiger charge is -2.36. The summed E-state index contributed by atoms with van der Waals surface area (Å²) in [5, 5.41) is 13.3. The first-order valence-corrected chi connectivity index (χ1v) is 5.31. The van der Waals surface area contributed by atoms with Gasteiger partial charge in [0.2, 0.25) is 0 Å². The second-order valence-electron chi connectivity index (χ2n) is 4.17. The van der Waals surface area contributed by atoms with Crippen LogP contribution in [0.15, 0.2) is 0 Å². The van der Waals surface area contributed by atoms with Gasteiger partial charge in [0.1, 0.15) is 0 Å². The zero-order chi connectivity index (χ0) is 11.0. The molecule has 0 aliphatic rings. The van der Waals surface area contributed by atoms with E-state index < -0.39 is 0 Å². The first-order valence-electron chi connectivity index (χ1n) is 5.31. The van der Waals surface area contributed by atoms with Crippen LogP contribution in [0, 0.1) is 0 Å². The maximum atomic E-state index is 3.61. The smallest absolute Gasteiger partial charge is 0.0560 e. The van der Waals surface area contributed by atoms with Crippen LogP contribution in [0.4, 0.5) is 0 Å².